The van der Waals surface area contributed by atoms with E-state index in [2.05, 4.69) is 4.98 Å². The molecule has 3 aliphatic rings. The molecule has 1 aromatic heterocycles. The Hall–Kier alpha value is -3.49. The van der Waals surface area contributed by atoms with E-state index in [9.17, 15) is 22.8 Å². The lowest BCUT2D eigenvalue weighted by Crippen LogP contribution is -2.57. The van der Waals surface area contributed by atoms with Crippen molar-refractivity contribution < 1.29 is 32.2 Å². The average Bonchev–Trinajstić information content (AvgIpc) is 3.40. The number of amides is 1. The highest BCUT2D eigenvalue weighted by Gasteiger charge is 2.76. The Bertz CT molecular complexity index is 1490. The van der Waals surface area contributed by atoms with Crippen LogP contribution in [0.2, 0.25) is 0 Å². The molecule has 1 saturated carbocycles. The molecule has 6 rings (SSSR count). The fraction of sp³-hybridized carbons (Fsp3) is 0.448. The lowest BCUT2D eigenvalue weighted by Gasteiger charge is -2.43. The second-order valence-electron chi connectivity index (χ2n) is 11.4. The first kappa shape index (κ1) is 24.8. The van der Waals surface area contributed by atoms with Crippen molar-refractivity contribution in [3.05, 3.63) is 64.8 Å². The molecule has 3 unspecified atom stereocenters. The monoisotopic (exact) mass is 526 g/mol. The van der Waals surface area contributed by atoms with Crippen molar-refractivity contribution in [1.82, 2.24) is 9.88 Å². The van der Waals surface area contributed by atoms with Crippen LogP contribution >= 0.6 is 0 Å². The second kappa shape index (κ2) is 7.77. The van der Waals surface area contributed by atoms with Crippen molar-refractivity contribution in [2.75, 3.05) is 13.7 Å². The molecular formula is C29H29F3N2O4. The zero-order chi connectivity index (χ0) is 27.3. The summed E-state index contributed by atoms with van der Waals surface area (Å²) in [6.45, 7) is 5.86. The molecule has 9 heteroatoms. The van der Waals surface area contributed by atoms with Gasteiger partial charge < -0.3 is 19.4 Å². The minimum Gasteiger partial charge on any atom is -0.497 e. The molecule has 1 amide bonds. The summed E-state index contributed by atoms with van der Waals surface area (Å²) in [5.41, 5.74) is -0.993. The molecular weight excluding hydrogens is 497 g/mol. The molecule has 2 aromatic carbocycles. The minimum atomic E-state index is -4.54. The van der Waals surface area contributed by atoms with Crippen LogP contribution in [-0.4, -0.2) is 41.0 Å². The average molecular weight is 527 g/mol. The number of methoxy groups -OCH3 is 1. The summed E-state index contributed by atoms with van der Waals surface area (Å²) in [4.78, 5) is 32.4. The zero-order valence-corrected chi connectivity index (χ0v) is 21.7. The van der Waals surface area contributed by atoms with Gasteiger partial charge in [-0.15, -0.1) is 0 Å². The smallest absolute Gasteiger partial charge is 0.416 e. The van der Waals surface area contributed by atoms with Gasteiger partial charge in [0.15, 0.2) is 5.60 Å². The molecule has 1 aliphatic carbocycles. The van der Waals surface area contributed by atoms with Crippen LogP contribution in [0.4, 0.5) is 13.2 Å². The highest BCUT2D eigenvalue weighted by atomic mass is 19.4. The molecule has 6 nitrogen and oxygen atoms in total. The molecule has 2 aliphatic heterocycles. The largest absolute Gasteiger partial charge is 0.497 e. The Kier molecular flexibility index (Phi) is 5.08. The maximum Gasteiger partial charge on any atom is 0.416 e. The Morgan fingerprint density at radius 2 is 1.89 bits per heavy atom. The van der Waals surface area contributed by atoms with Crippen molar-refractivity contribution >= 4 is 22.8 Å². The number of esters is 1. The summed E-state index contributed by atoms with van der Waals surface area (Å²) in [7, 11) is 1.57. The molecule has 3 atom stereocenters. The van der Waals surface area contributed by atoms with Crippen molar-refractivity contribution in [2.45, 2.75) is 57.9 Å². The number of aromatic nitrogens is 1. The van der Waals surface area contributed by atoms with Gasteiger partial charge in [0.2, 0.25) is 0 Å². The predicted molar refractivity (Wildman–Crippen MR) is 133 cm³/mol. The number of hydrogen-bond donors (Lipinski definition) is 1. The topological polar surface area (TPSA) is 71.6 Å². The first-order valence-electron chi connectivity index (χ1n) is 12.7. The summed E-state index contributed by atoms with van der Waals surface area (Å²) >= 11 is 0. The number of nitrogens with one attached hydrogen (secondary N) is 1. The highest BCUT2D eigenvalue weighted by molar-refractivity contribution is 5.97. The van der Waals surface area contributed by atoms with Crippen molar-refractivity contribution in [3.63, 3.8) is 0 Å². The lowest BCUT2D eigenvalue weighted by molar-refractivity contribution is -0.175. The molecule has 0 radical (unpaired) electrons. The predicted octanol–water partition coefficient (Wildman–Crippen LogP) is 5.79. The van der Waals surface area contributed by atoms with Crippen LogP contribution in [0.25, 0.3) is 10.9 Å². The molecule has 2 bridgehead atoms. The molecule has 0 spiro atoms. The Labute approximate surface area is 218 Å². The maximum absolute atomic E-state index is 14.5. The normalized spacial score (nSPS) is 27.9. The van der Waals surface area contributed by atoms with Crippen LogP contribution in [0.15, 0.2) is 42.5 Å². The number of nitrogens with zero attached hydrogens (tertiary/aromatic N) is 1. The molecule has 3 aromatic rings. The fourth-order valence-electron chi connectivity index (χ4n) is 6.80. The van der Waals surface area contributed by atoms with Gasteiger partial charge in [-0.2, -0.15) is 13.2 Å². The third-order valence-corrected chi connectivity index (χ3v) is 9.55. The van der Waals surface area contributed by atoms with E-state index in [1.807, 2.05) is 39.0 Å². The van der Waals surface area contributed by atoms with E-state index in [4.69, 9.17) is 9.47 Å². The number of benzene rings is 2. The van der Waals surface area contributed by atoms with Gasteiger partial charge in [0.05, 0.1) is 24.1 Å². The summed E-state index contributed by atoms with van der Waals surface area (Å²) in [5, 5.41) is 0.905. The van der Waals surface area contributed by atoms with E-state index in [1.165, 1.54) is 6.07 Å². The summed E-state index contributed by atoms with van der Waals surface area (Å²) < 4.78 is 52.5. The molecule has 2 fully saturated rings. The van der Waals surface area contributed by atoms with Gasteiger partial charge in [-0.3, -0.25) is 9.59 Å². The lowest BCUT2D eigenvalue weighted by atomic mass is 9.66. The summed E-state index contributed by atoms with van der Waals surface area (Å²) in [6.07, 6.45) is -3.15. The number of hydrogen-bond acceptors (Lipinski definition) is 4. The number of halogens is 3. The van der Waals surface area contributed by atoms with E-state index in [-0.39, 0.29) is 12.5 Å². The Morgan fingerprint density at radius 1 is 1.13 bits per heavy atom. The van der Waals surface area contributed by atoms with Crippen LogP contribution in [-0.2, 0) is 26.9 Å². The van der Waals surface area contributed by atoms with Gasteiger partial charge in [0.1, 0.15) is 5.75 Å². The standard InChI is InChI=1S/C29H29F3N2O4/c1-26(2)27(3)11-12-28(26,38-25(27)36)24(35)34-13-10-19-20-15-18(37-4)8-9-21(20)33-22(19)23(34)16-6-5-7-17(14-16)29(30,31)32/h5-9,14-15,23,33H,10-13H2,1-4H3. The van der Waals surface area contributed by atoms with E-state index in [1.54, 1.807) is 18.1 Å². The minimum absolute atomic E-state index is 0.267. The quantitative estimate of drug-likeness (QED) is 0.439. The Morgan fingerprint density at radius 3 is 2.53 bits per heavy atom. The number of carbonyl (C=O) groups excluding carboxylic acids is 2. The van der Waals surface area contributed by atoms with Crippen LogP contribution < -0.4 is 4.74 Å². The van der Waals surface area contributed by atoms with E-state index in [0.29, 0.717) is 36.3 Å². The SMILES string of the molecule is COc1ccc2[nH]c3c(c2c1)CCN(C(=O)C12CCC(C)(C(=O)O1)C2(C)C)C3c1cccc(C(F)(F)F)c1. The molecule has 3 heterocycles. The van der Waals surface area contributed by atoms with Gasteiger partial charge in [-0.05, 0) is 67.6 Å². The number of fused-ring (bicyclic) bond motifs is 5. The van der Waals surface area contributed by atoms with Gasteiger partial charge in [-0.25, -0.2) is 0 Å². The van der Waals surface area contributed by atoms with Crippen LogP contribution in [0, 0.1) is 10.8 Å². The summed E-state index contributed by atoms with van der Waals surface area (Å²) in [6, 6.07) is 9.87. The highest BCUT2D eigenvalue weighted by Crippen LogP contribution is 2.66. The molecule has 200 valence electrons. The van der Waals surface area contributed by atoms with Gasteiger partial charge in [-0.1, -0.05) is 26.0 Å². The van der Waals surface area contributed by atoms with E-state index >= 15 is 0 Å². The van der Waals surface area contributed by atoms with Crippen LogP contribution in [0.1, 0.15) is 62.0 Å². The molecule has 1 saturated heterocycles. The molecule has 38 heavy (non-hydrogen) atoms. The molecule has 1 N–H and O–H groups in total. The fourth-order valence-corrected chi connectivity index (χ4v) is 6.80. The number of aromatic amines is 1. The van der Waals surface area contributed by atoms with E-state index in [0.717, 1.165) is 28.6 Å². The Balaban J connectivity index is 1.53. The van der Waals surface area contributed by atoms with Gasteiger partial charge in [0.25, 0.3) is 5.91 Å². The third-order valence-electron chi connectivity index (χ3n) is 9.55. The number of alkyl halides is 3. The van der Waals surface area contributed by atoms with E-state index < -0.39 is 40.2 Å². The van der Waals surface area contributed by atoms with Gasteiger partial charge >= 0.3 is 12.1 Å². The van der Waals surface area contributed by atoms with Crippen LogP contribution in [0.3, 0.4) is 0 Å². The van der Waals surface area contributed by atoms with Crippen molar-refractivity contribution in [1.29, 1.82) is 0 Å². The summed E-state index contributed by atoms with van der Waals surface area (Å²) in [5.74, 6) is -0.0910. The number of carbonyl (C=O) groups is 2. The number of ether oxygens (including phenoxy) is 2. The van der Waals surface area contributed by atoms with Gasteiger partial charge in [0, 0.05) is 28.6 Å². The number of rotatable bonds is 3. The van der Waals surface area contributed by atoms with Crippen molar-refractivity contribution in [2.24, 2.45) is 10.8 Å². The third kappa shape index (κ3) is 3.07. The number of H-pyrrole nitrogens is 1. The second-order valence-corrected chi connectivity index (χ2v) is 11.4. The zero-order valence-electron chi connectivity index (χ0n) is 21.7. The van der Waals surface area contributed by atoms with Crippen LogP contribution in [0.5, 0.6) is 5.75 Å². The first-order valence-corrected chi connectivity index (χ1v) is 12.7. The van der Waals surface area contributed by atoms with Crippen molar-refractivity contribution in [3.8, 4) is 5.75 Å². The maximum atomic E-state index is 14.5. The first-order chi connectivity index (χ1) is 17.8.